The Labute approximate surface area is 116 Å². The first-order chi connectivity index (χ1) is 9.94. The Bertz CT molecular complexity index is 599. The molecule has 112 valence electrons. The Hall–Kier alpha value is -2.49. The molecule has 0 saturated carbocycles. The van der Waals surface area contributed by atoms with Gasteiger partial charge in [-0.05, 0) is 12.1 Å². The Morgan fingerprint density at radius 2 is 2.14 bits per heavy atom. The summed E-state index contributed by atoms with van der Waals surface area (Å²) in [5.41, 5.74) is 0.513. The molecule has 0 aromatic carbocycles. The number of ether oxygens (including phenoxy) is 1. The highest BCUT2D eigenvalue weighted by molar-refractivity contribution is 5.90. The summed E-state index contributed by atoms with van der Waals surface area (Å²) in [6, 6.07) is 5.15. The molecule has 0 saturated heterocycles. The maximum atomic E-state index is 11.8. The van der Waals surface area contributed by atoms with E-state index in [0.717, 1.165) is 0 Å². The number of anilines is 1. The van der Waals surface area contributed by atoms with Crippen molar-refractivity contribution in [2.45, 2.75) is 6.18 Å². The molecule has 2 rings (SSSR count). The molecule has 2 heterocycles. The molecular formula is C11H10F3N5O2. The molecule has 7 nitrogen and oxygen atoms in total. The summed E-state index contributed by atoms with van der Waals surface area (Å²) in [5.74, 6) is -0.457. The van der Waals surface area contributed by atoms with Gasteiger partial charge in [-0.15, -0.1) is 10.2 Å². The molecule has 0 atom stereocenters. The molecule has 10 heteroatoms. The molecule has 21 heavy (non-hydrogen) atoms. The summed E-state index contributed by atoms with van der Waals surface area (Å²) >= 11 is 0. The van der Waals surface area contributed by atoms with E-state index in [0.29, 0.717) is 11.5 Å². The van der Waals surface area contributed by atoms with Gasteiger partial charge in [0.05, 0.1) is 0 Å². The van der Waals surface area contributed by atoms with Gasteiger partial charge in [0.15, 0.2) is 5.82 Å². The zero-order valence-corrected chi connectivity index (χ0v) is 10.5. The lowest BCUT2D eigenvalue weighted by Crippen LogP contribution is -2.24. The van der Waals surface area contributed by atoms with Crippen molar-refractivity contribution in [3.63, 3.8) is 0 Å². The number of pyridine rings is 1. The smallest absolute Gasteiger partial charge is 0.362 e. The molecule has 0 radical (unpaired) electrons. The fourth-order valence-corrected chi connectivity index (χ4v) is 1.36. The van der Waals surface area contributed by atoms with Crippen molar-refractivity contribution in [2.24, 2.45) is 0 Å². The number of hydrogen-bond acceptors (Lipinski definition) is 5. The van der Waals surface area contributed by atoms with E-state index in [1.807, 2.05) is 0 Å². The molecule has 0 bridgehead atoms. The average molecular weight is 301 g/mol. The molecule has 1 amide bonds. The normalized spacial score (nSPS) is 11.4. The highest BCUT2D eigenvalue weighted by Crippen LogP contribution is 2.14. The minimum absolute atomic E-state index is 0.00346. The minimum Gasteiger partial charge on any atom is -0.362 e. The summed E-state index contributed by atoms with van der Waals surface area (Å²) in [6.07, 6.45) is -2.92. The number of nitrogens with zero attached hydrogens (tertiary/aromatic N) is 3. The second-order valence-electron chi connectivity index (χ2n) is 3.89. The number of nitrogens with one attached hydrogen (secondary N) is 2. The Balaban J connectivity index is 1.87. The average Bonchev–Trinajstić information content (AvgIpc) is 2.86. The number of carbonyl (C=O) groups excluding carboxylic acids is 1. The number of aromatic amines is 1. The van der Waals surface area contributed by atoms with Gasteiger partial charge in [-0.2, -0.15) is 13.2 Å². The summed E-state index contributed by atoms with van der Waals surface area (Å²) in [7, 11) is 0. The lowest BCUT2D eigenvalue weighted by atomic mass is 10.3. The predicted molar refractivity (Wildman–Crippen MR) is 65.1 cm³/mol. The minimum atomic E-state index is -4.47. The van der Waals surface area contributed by atoms with E-state index in [4.69, 9.17) is 0 Å². The first-order valence-electron chi connectivity index (χ1n) is 5.72. The van der Waals surface area contributed by atoms with Crippen molar-refractivity contribution in [1.82, 2.24) is 20.2 Å². The van der Waals surface area contributed by atoms with Crippen LogP contribution in [0.3, 0.4) is 0 Å². The number of amides is 1. The number of alkyl halides is 3. The maximum absolute atomic E-state index is 11.8. The van der Waals surface area contributed by atoms with Gasteiger partial charge in [-0.25, -0.2) is 0 Å². The monoisotopic (exact) mass is 301 g/mol. The van der Waals surface area contributed by atoms with Crippen molar-refractivity contribution < 1.29 is 22.7 Å². The van der Waals surface area contributed by atoms with Crippen LogP contribution in [0.2, 0.25) is 0 Å². The summed E-state index contributed by atoms with van der Waals surface area (Å²) in [6.45, 7) is -2.23. The van der Waals surface area contributed by atoms with Crippen molar-refractivity contribution >= 4 is 11.9 Å². The fraction of sp³-hybridized carbons (Fsp3) is 0.273. The van der Waals surface area contributed by atoms with Gasteiger partial charge in [-0.3, -0.25) is 15.1 Å². The van der Waals surface area contributed by atoms with E-state index in [9.17, 15) is 18.0 Å². The number of hydrogen-bond donors (Lipinski definition) is 2. The van der Waals surface area contributed by atoms with E-state index in [-0.39, 0.29) is 5.95 Å². The lowest BCUT2D eigenvalue weighted by molar-refractivity contribution is -0.174. The standard InChI is InChI=1S/C11H10F3N5O2/c12-11(13,14)6-21-5-8(20)16-10-17-9(18-19-10)7-3-1-2-4-15-7/h1-4H,5-6H2,(H2,16,17,18,19,20). The number of rotatable bonds is 5. The van der Waals surface area contributed by atoms with Crippen LogP contribution in [0.25, 0.3) is 11.5 Å². The van der Waals surface area contributed by atoms with Crippen LogP contribution >= 0.6 is 0 Å². The van der Waals surface area contributed by atoms with Crippen LogP contribution < -0.4 is 5.32 Å². The largest absolute Gasteiger partial charge is 0.411 e. The molecule has 0 aliphatic carbocycles. The molecule has 0 aliphatic heterocycles. The molecule has 2 N–H and O–H groups in total. The lowest BCUT2D eigenvalue weighted by Gasteiger charge is -2.06. The molecule has 0 aliphatic rings. The summed E-state index contributed by atoms with van der Waals surface area (Å²) in [4.78, 5) is 18.0. The van der Waals surface area contributed by atoms with Crippen LogP contribution in [0, 0.1) is 0 Å². The van der Waals surface area contributed by atoms with Gasteiger partial charge in [0, 0.05) is 6.20 Å². The van der Waals surface area contributed by atoms with E-state index in [2.05, 4.69) is 30.2 Å². The molecule has 2 aromatic rings. The molecule has 0 unspecified atom stereocenters. The highest BCUT2D eigenvalue weighted by Gasteiger charge is 2.27. The Morgan fingerprint density at radius 3 is 2.81 bits per heavy atom. The van der Waals surface area contributed by atoms with Crippen LogP contribution in [-0.2, 0) is 9.53 Å². The van der Waals surface area contributed by atoms with E-state index in [1.165, 1.54) is 0 Å². The Morgan fingerprint density at radius 1 is 1.33 bits per heavy atom. The van der Waals surface area contributed by atoms with Gasteiger partial charge < -0.3 is 9.72 Å². The van der Waals surface area contributed by atoms with Crippen LogP contribution in [0.15, 0.2) is 24.4 Å². The number of H-pyrrole nitrogens is 1. The molecule has 2 aromatic heterocycles. The van der Waals surface area contributed by atoms with Gasteiger partial charge in [0.1, 0.15) is 18.9 Å². The van der Waals surface area contributed by atoms with E-state index < -0.39 is 25.3 Å². The van der Waals surface area contributed by atoms with Crippen LogP contribution in [0.1, 0.15) is 0 Å². The van der Waals surface area contributed by atoms with Crippen LogP contribution in [0.5, 0.6) is 0 Å². The number of aromatic nitrogens is 4. The highest BCUT2D eigenvalue weighted by atomic mass is 19.4. The Kier molecular flexibility index (Phi) is 4.48. The van der Waals surface area contributed by atoms with Gasteiger partial charge in [0.25, 0.3) is 5.91 Å². The second-order valence-corrected chi connectivity index (χ2v) is 3.89. The van der Waals surface area contributed by atoms with Crippen LogP contribution in [-0.4, -0.2) is 45.5 Å². The maximum Gasteiger partial charge on any atom is 0.411 e. The van der Waals surface area contributed by atoms with Crippen molar-refractivity contribution in [3.05, 3.63) is 24.4 Å². The quantitative estimate of drug-likeness (QED) is 0.870. The summed E-state index contributed by atoms with van der Waals surface area (Å²) in [5, 5.41) is 9.62. The zero-order chi connectivity index (χ0) is 15.3. The first kappa shape index (κ1) is 14.9. The molecular weight excluding hydrogens is 291 g/mol. The van der Waals surface area contributed by atoms with Gasteiger partial charge in [0.2, 0.25) is 5.95 Å². The van der Waals surface area contributed by atoms with Gasteiger partial charge in [-0.1, -0.05) is 6.07 Å². The second kappa shape index (κ2) is 6.31. The molecule has 0 spiro atoms. The third-order valence-electron chi connectivity index (χ3n) is 2.15. The zero-order valence-electron chi connectivity index (χ0n) is 10.5. The predicted octanol–water partition coefficient (Wildman–Crippen LogP) is 1.38. The van der Waals surface area contributed by atoms with E-state index in [1.54, 1.807) is 24.4 Å². The topological polar surface area (TPSA) is 92.8 Å². The van der Waals surface area contributed by atoms with Crippen LogP contribution in [0.4, 0.5) is 19.1 Å². The van der Waals surface area contributed by atoms with Crippen molar-refractivity contribution in [2.75, 3.05) is 18.5 Å². The third-order valence-corrected chi connectivity index (χ3v) is 2.15. The molecule has 0 fully saturated rings. The summed E-state index contributed by atoms with van der Waals surface area (Å²) < 4.78 is 39.7. The van der Waals surface area contributed by atoms with Crippen molar-refractivity contribution in [3.8, 4) is 11.5 Å². The first-order valence-corrected chi connectivity index (χ1v) is 5.72. The fourth-order valence-electron chi connectivity index (χ4n) is 1.36. The SMILES string of the molecule is O=C(COCC(F)(F)F)Nc1nnc(-c2ccccn2)[nH]1. The van der Waals surface area contributed by atoms with Gasteiger partial charge >= 0.3 is 6.18 Å². The number of halogens is 3. The van der Waals surface area contributed by atoms with E-state index >= 15 is 0 Å². The third kappa shape index (κ3) is 4.84. The van der Waals surface area contributed by atoms with Crippen molar-refractivity contribution in [1.29, 1.82) is 0 Å². The number of carbonyl (C=O) groups is 1.